The van der Waals surface area contributed by atoms with Crippen molar-refractivity contribution in [3.8, 4) is 5.75 Å². The van der Waals surface area contributed by atoms with E-state index in [1.54, 1.807) is 26.0 Å². The van der Waals surface area contributed by atoms with Crippen molar-refractivity contribution in [2.24, 2.45) is 5.73 Å². The number of thiazole rings is 1. The molecule has 3 N–H and O–H groups in total. The summed E-state index contributed by atoms with van der Waals surface area (Å²) in [4.78, 5) is 27.4. The van der Waals surface area contributed by atoms with Gasteiger partial charge in [-0.3, -0.25) is 14.9 Å². The van der Waals surface area contributed by atoms with Gasteiger partial charge in [0.25, 0.3) is 5.91 Å². The third kappa shape index (κ3) is 5.78. The molecule has 2 aromatic rings. The third-order valence-electron chi connectivity index (χ3n) is 2.90. The molecule has 0 spiro atoms. The fraction of sp³-hybridized carbons (Fsp3) is 0.267. The van der Waals surface area contributed by atoms with Crippen molar-refractivity contribution in [2.45, 2.75) is 24.2 Å². The Kier molecular flexibility index (Phi) is 6.95. The molecule has 0 aliphatic rings. The van der Waals surface area contributed by atoms with Crippen LogP contribution in [0.1, 0.15) is 12.6 Å². The second-order valence-electron chi connectivity index (χ2n) is 4.97. The zero-order valence-corrected chi connectivity index (χ0v) is 16.5. The fourth-order valence-electron chi connectivity index (χ4n) is 1.73. The minimum atomic E-state index is -0.787. The number of carbonyl (C=O) groups is 2. The van der Waals surface area contributed by atoms with Crippen LogP contribution in [-0.2, 0) is 9.59 Å². The SMILES string of the molecule is Cc1nc(NC(=O)C(C)Oc2ccc(Cl)cc2Cl)sc1SCC(N)=O. The molecule has 1 heterocycles. The van der Waals surface area contributed by atoms with Gasteiger partial charge >= 0.3 is 0 Å². The summed E-state index contributed by atoms with van der Waals surface area (Å²) in [6.07, 6.45) is -0.787. The lowest BCUT2D eigenvalue weighted by Crippen LogP contribution is -2.30. The molecule has 25 heavy (non-hydrogen) atoms. The van der Waals surface area contributed by atoms with Crippen molar-refractivity contribution in [3.05, 3.63) is 33.9 Å². The van der Waals surface area contributed by atoms with Gasteiger partial charge in [0.15, 0.2) is 11.2 Å². The van der Waals surface area contributed by atoms with Crippen molar-refractivity contribution in [2.75, 3.05) is 11.1 Å². The van der Waals surface area contributed by atoms with Crippen LogP contribution in [0.2, 0.25) is 10.0 Å². The largest absolute Gasteiger partial charge is 0.479 e. The van der Waals surface area contributed by atoms with Gasteiger partial charge in [-0.15, -0.1) is 11.8 Å². The Morgan fingerprint density at radius 3 is 2.80 bits per heavy atom. The number of primary amides is 1. The van der Waals surface area contributed by atoms with Crippen molar-refractivity contribution >= 4 is 63.2 Å². The predicted molar refractivity (Wildman–Crippen MR) is 102 cm³/mol. The molecule has 1 aromatic heterocycles. The lowest BCUT2D eigenvalue weighted by Gasteiger charge is -2.14. The van der Waals surface area contributed by atoms with Gasteiger partial charge in [0.1, 0.15) is 5.75 Å². The van der Waals surface area contributed by atoms with Gasteiger partial charge in [-0.2, -0.15) is 0 Å². The van der Waals surface area contributed by atoms with Crippen LogP contribution in [0.15, 0.2) is 22.4 Å². The first-order valence-corrected chi connectivity index (χ1v) is 9.63. The van der Waals surface area contributed by atoms with Crippen molar-refractivity contribution in [3.63, 3.8) is 0 Å². The highest BCUT2D eigenvalue weighted by atomic mass is 35.5. The van der Waals surface area contributed by atoms with Gasteiger partial charge in [0.2, 0.25) is 5.91 Å². The van der Waals surface area contributed by atoms with Crippen LogP contribution < -0.4 is 15.8 Å². The Bertz CT molecular complexity index is 798. The topological polar surface area (TPSA) is 94.3 Å². The van der Waals surface area contributed by atoms with Gasteiger partial charge in [0.05, 0.1) is 20.7 Å². The fourth-order valence-corrected chi connectivity index (χ4v) is 4.06. The van der Waals surface area contributed by atoms with Crippen LogP contribution in [0.4, 0.5) is 5.13 Å². The Morgan fingerprint density at radius 2 is 2.16 bits per heavy atom. The zero-order valence-electron chi connectivity index (χ0n) is 13.3. The molecule has 2 amide bonds. The smallest absolute Gasteiger partial charge is 0.266 e. The van der Waals surface area contributed by atoms with E-state index in [1.807, 2.05) is 0 Å². The van der Waals surface area contributed by atoms with Crippen LogP contribution in [0.25, 0.3) is 0 Å². The minimum absolute atomic E-state index is 0.158. The average molecular weight is 420 g/mol. The van der Waals surface area contributed by atoms with E-state index in [0.29, 0.717) is 20.9 Å². The van der Waals surface area contributed by atoms with Gasteiger partial charge in [-0.05, 0) is 32.0 Å². The van der Waals surface area contributed by atoms with Crippen molar-refractivity contribution < 1.29 is 14.3 Å². The van der Waals surface area contributed by atoms with Crippen molar-refractivity contribution in [1.82, 2.24) is 4.98 Å². The summed E-state index contributed by atoms with van der Waals surface area (Å²) in [7, 11) is 0. The van der Waals surface area contributed by atoms with Crippen LogP contribution in [0.3, 0.4) is 0 Å². The molecular formula is C15H15Cl2N3O3S2. The summed E-state index contributed by atoms with van der Waals surface area (Å²) < 4.78 is 6.38. The number of ether oxygens (including phenoxy) is 1. The molecule has 0 saturated carbocycles. The highest BCUT2D eigenvalue weighted by Crippen LogP contribution is 2.32. The Labute approximate surface area is 163 Å². The standard InChI is InChI=1S/C15H15Cl2N3O3S2/c1-7-14(24-6-12(18)21)25-15(19-7)20-13(22)8(2)23-11-4-3-9(16)5-10(11)17/h3-5,8H,6H2,1-2H3,(H2,18,21)(H,19,20,22). The van der Waals surface area contributed by atoms with Crippen LogP contribution in [0, 0.1) is 6.92 Å². The quantitative estimate of drug-likeness (QED) is 0.666. The number of aromatic nitrogens is 1. The molecule has 1 aromatic carbocycles. The molecule has 0 aliphatic carbocycles. The van der Waals surface area contributed by atoms with E-state index in [4.69, 9.17) is 33.7 Å². The first-order valence-electron chi connectivity index (χ1n) is 7.07. The second-order valence-corrected chi connectivity index (χ2v) is 8.06. The number of hydrogen-bond donors (Lipinski definition) is 2. The Balaban J connectivity index is 1.99. The molecule has 0 saturated heterocycles. The number of benzene rings is 1. The number of nitrogens with one attached hydrogen (secondary N) is 1. The summed E-state index contributed by atoms with van der Waals surface area (Å²) >= 11 is 14.4. The van der Waals surface area contributed by atoms with E-state index in [9.17, 15) is 9.59 Å². The van der Waals surface area contributed by atoms with Gasteiger partial charge < -0.3 is 10.5 Å². The number of carbonyl (C=O) groups excluding carboxylic acids is 2. The van der Waals surface area contributed by atoms with E-state index >= 15 is 0 Å². The number of rotatable bonds is 7. The normalized spacial score (nSPS) is 11.8. The molecule has 0 aliphatic heterocycles. The first-order chi connectivity index (χ1) is 11.8. The van der Waals surface area contributed by atoms with Crippen LogP contribution >= 0.6 is 46.3 Å². The maximum absolute atomic E-state index is 12.3. The summed E-state index contributed by atoms with van der Waals surface area (Å²) in [5, 5.41) is 3.91. The number of thioether (sulfide) groups is 1. The van der Waals surface area contributed by atoms with Gasteiger partial charge in [0, 0.05) is 5.02 Å². The molecule has 10 heteroatoms. The number of aryl methyl sites for hydroxylation is 1. The van der Waals surface area contributed by atoms with E-state index in [-0.39, 0.29) is 11.7 Å². The maximum atomic E-state index is 12.3. The minimum Gasteiger partial charge on any atom is -0.479 e. The first kappa shape index (κ1) is 19.8. The molecule has 6 nitrogen and oxygen atoms in total. The molecule has 2 rings (SSSR count). The summed E-state index contributed by atoms with van der Waals surface area (Å²) in [6, 6.07) is 4.76. The van der Waals surface area contributed by atoms with Gasteiger partial charge in [-0.25, -0.2) is 4.98 Å². The zero-order chi connectivity index (χ0) is 18.6. The molecule has 0 fully saturated rings. The monoisotopic (exact) mass is 419 g/mol. The van der Waals surface area contributed by atoms with E-state index in [2.05, 4.69) is 10.3 Å². The molecular weight excluding hydrogens is 405 g/mol. The summed E-state index contributed by atoms with van der Waals surface area (Å²) in [5.74, 6) is -0.261. The Morgan fingerprint density at radius 1 is 1.44 bits per heavy atom. The summed E-state index contributed by atoms with van der Waals surface area (Å²) in [5.41, 5.74) is 5.85. The molecule has 0 bridgehead atoms. The number of halogens is 2. The molecule has 134 valence electrons. The summed E-state index contributed by atoms with van der Waals surface area (Å²) in [6.45, 7) is 3.40. The number of anilines is 1. The maximum Gasteiger partial charge on any atom is 0.266 e. The van der Waals surface area contributed by atoms with Gasteiger partial charge in [-0.1, -0.05) is 34.5 Å². The number of nitrogens with zero attached hydrogens (tertiary/aromatic N) is 1. The van der Waals surface area contributed by atoms with Crippen LogP contribution in [-0.4, -0.2) is 28.7 Å². The lowest BCUT2D eigenvalue weighted by molar-refractivity contribution is -0.122. The number of nitrogens with two attached hydrogens (primary N) is 1. The number of amides is 2. The highest BCUT2D eigenvalue weighted by molar-refractivity contribution is 8.01. The molecule has 1 atom stereocenters. The van der Waals surface area contributed by atoms with E-state index in [0.717, 1.165) is 9.90 Å². The predicted octanol–water partition coefficient (Wildman–Crippen LogP) is 3.74. The number of hydrogen-bond acceptors (Lipinski definition) is 6. The van der Waals surface area contributed by atoms with E-state index < -0.39 is 12.0 Å². The van der Waals surface area contributed by atoms with Crippen LogP contribution in [0.5, 0.6) is 5.75 Å². The highest BCUT2D eigenvalue weighted by Gasteiger charge is 2.19. The average Bonchev–Trinajstić information content (AvgIpc) is 2.87. The third-order valence-corrected chi connectivity index (χ3v) is 5.88. The molecule has 0 radical (unpaired) electrons. The van der Waals surface area contributed by atoms with E-state index in [1.165, 1.54) is 29.2 Å². The lowest BCUT2D eigenvalue weighted by atomic mass is 10.3. The van der Waals surface area contributed by atoms with Crippen molar-refractivity contribution in [1.29, 1.82) is 0 Å². The Hall–Kier alpha value is -1.48. The second kappa shape index (κ2) is 8.75. The molecule has 1 unspecified atom stereocenters.